The van der Waals surface area contributed by atoms with Crippen LogP contribution in [0.1, 0.15) is 26.3 Å². The number of aryl methyl sites for hydroxylation is 1. The second-order valence-corrected chi connectivity index (χ2v) is 7.77. The number of pyridine rings is 1. The number of para-hydroxylation sites is 1. The molecular weight excluding hydrogens is 444 g/mol. The first-order valence-corrected chi connectivity index (χ1v) is 10.3. The van der Waals surface area contributed by atoms with E-state index >= 15 is 0 Å². The summed E-state index contributed by atoms with van der Waals surface area (Å²) in [4.78, 5) is 40.4. The van der Waals surface area contributed by atoms with Gasteiger partial charge in [-0.05, 0) is 19.1 Å². The lowest BCUT2D eigenvalue weighted by molar-refractivity contribution is -0.384. The van der Waals surface area contributed by atoms with Gasteiger partial charge in [-0.1, -0.05) is 65.7 Å². The van der Waals surface area contributed by atoms with E-state index in [0.717, 1.165) is 17.2 Å². The molecule has 33 heavy (non-hydrogen) atoms. The number of nitrogens with zero attached hydrogens (tertiary/aromatic N) is 2. The molecule has 0 bridgehead atoms. The van der Waals surface area contributed by atoms with Crippen molar-refractivity contribution >= 4 is 39.9 Å². The molecule has 0 N–H and O–H groups in total. The molecule has 164 valence electrons. The van der Waals surface area contributed by atoms with Gasteiger partial charge in [-0.25, -0.2) is 9.78 Å². The number of hydrogen-bond acceptors (Lipinski definition) is 6. The Morgan fingerprint density at radius 1 is 1.03 bits per heavy atom. The molecule has 0 unspecified atom stereocenters. The molecule has 0 saturated carbocycles. The second-order valence-electron chi connectivity index (χ2n) is 7.36. The van der Waals surface area contributed by atoms with Gasteiger partial charge < -0.3 is 4.74 Å². The fourth-order valence-electron chi connectivity index (χ4n) is 3.34. The van der Waals surface area contributed by atoms with Crippen molar-refractivity contribution in [1.29, 1.82) is 0 Å². The molecule has 7 nitrogen and oxygen atoms in total. The SMILES string of the molecule is Cc1ccc(-c2cc(C(=O)OCC(=O)c3cccc([N+](=O)[O-])c3)c3cccc(Cl)c3n2)cc1. The zero-order valence-corrected chi connectivity index (χ0v) is 18.2. The third-order valence-corrected chi connectivity index (χ3v) is 5.38. The van der Waals surface area contributed by atoms with Gasteiger partial charge in [0, 0.05) is 28.6 Å². The number of ether oxygens (including phenoxy) is 1. The van der Waals surface area contributed by atoms with E-state index in [2.05, 4.69) is 4.98 Å². The fraction of sp³-hybridized carbons (Fsp3) is 0.0800. The van der Waals surface area contributed by atoms with Gasteiger partial charge in [0.2, 0.25) is 5.78 Å². The molecule has 0 fully saturated rings. The van der Waals surface area contributed by atoms with E-state index in [1.165, 1.54) is 18.2 Å². The molecule has 4 aromatic rings. The van der Waals surface area contributed by atoms with Crippen LogP contribution in [0.25, 0.3) is 22.2 Å². The second kappa shape index (κ2) is 9.18. The Morgan fingerprint density at radius 2 is 1.76 bits per heavy atom. The molecule has 0 saturated heterocycles. The Morgan fingerprint density at radius 3 is 2.48 bits per heavy atom. The minimum atomic E-state index is -0.725. The number of carbonyl (C=O) groups is 2. The van der Waals surface area contributed by atoms with Gasteiger partial charge in [0.1, 0.15) is 0 Å². The van der Waals surface area contributed by atoms with Crippen LogP contribution in [0.15, 0.2) is 72.8 Å². The van der Waals surface area contributed by atoms with Crippen LogP contribution >= 0.6 is 11.6 Å². The van der Waals surface area contributed by atoms with Gasteiger partial charge in [0.25, 0.3) is 5.69 Å². The molecule has 0 spiro atoms. The average molecular weight is 461 g/mol. The molecule has 0 aliphatic carbocycles. The van der Waals surface area contributed by atoms with Crippen LogP contribution in [0.5, 0.6) is 0 Å². The van der Waals surface area contributed by atoms with Crippen LogP contribution < -0.4 is 0 Å². The zero-order chi connectivity index (χ0) is 23.5. The van der Waals surface area contributed by atoms with E-state index < -0.39 is 23.3 Å². The lowest BCUT2D eigenvalue weighted by Gasteiger charge is -2.11. The number of nitro benzene ring substituents is 1. The van der Waals surface area contributed by atoms with Crippen LogP contribution in [-0.4, -0.2) is 28.3 Å². The van der Waals surface area contributed by atoms with Gasteiger partial charge >= 0.3 is 5.97 Å². The number of halogens is 1. The molecule has 0 aliphatic heterocycles. The van der Waals surface area contributed by atoms with Crippen molar-refractivity contribution in [3.8, 4) is 11.3 Å². The predicted molar refractivity (Wildman–Crippen MR) is 125 cm³/mol. The molecule has 4 rings (SSSR count). The maximum absolute atomic E-state index is 13.0. The Balaban J connectivity index is 1.65. The number of non-ortho nitro benzene ring substituents is 1. The van der Waals surface area contributed by atoms with Crippen molar-refractivity contribution in [2.24, 2.45) is 0 Å². The van der Waals surface area contributed by atoms with Gasteiger partial charge in [-0.3, -0.25) is 14.9 Å². The zero-order valence-electron chi connectivity index (χ0n) is 17.4. The monoisotopic (exact) mass is 460 g/mol. The number of rotatable bonds is 6. The summed E-state index contributed by atoms with van der Waals surface area (Å²) >= 11 is 6.34. The highest BCUT2D eigenvalue weighted by molar-refractivity contribution is 6.35. The quantitative estimate of drug-likeness (QED) is 0.156. The van der Waals surface area contributed by atoms with Crippen molar-refractivity contribution in [1.82, 2.24) is 4.98 Å². The van der Waals surface area contributed by atoms with E-state index in [0.29, 0.717) is 21.6 Å². The molecular formula is C25H17ClN2O5. The Bertz CT molecular complexity index is 1400. The smallest absolute Gasteiger partial charge is 0.339 e. The number of nitro groups is 1. The van der Waals surface area contributed by atoms with Crippen molar-refractivity contribution in [3.63, 3.8) is 0 Å². The van der Waals surface area contributed by atoms with Crippen molar-refractivity contribution in [3.05, 3.63) is 105 Å². The standard InChI is InChI=1S/C25H17ClN2O5/c1-15-8-10-16(11-9-15)22-13-20(19-6-3-7-21(26)24(19)27-22)25(30)33-14-23(29)17-4-2-5-18(12-17)28(31)32/h2-13H,14H2,1H3. The Labute approximate surface area is 193 Å². The summed E-state index contributed by atoms with van der Waals surface area (Å²) in [7, 11) is 0. The summed E-state index contributed by atoms with van der Waals surface area (Å²) < 4.78 is 5.27. The third-order valence-electron chi connectivity index (χ3n) is 5.07. The molecule has 0 radical (unpaired) electrons. The van der Waals surface area contributed by atoms with Gasteiger partial charge in [-0.15, -0.1) is 0 Å². The van der Waals surface area contributed by atoms with Crippen LogP contribution in [-0.2, 0) is 4.74 Å². The third kappa shape index (κ3) is 4.73. The largest absolute Gasteiger partial charge is 0.454 e. The minimum absolute atomic E-state index is 0.0833. The summed E-state index contributed by atoms with van der Waals surface area (Å²) in [5, 5.41) is 11.8. The maximum atomic E-state index is 13.0. The predicted octanol–water partition coefficient (Wildman–Crippen LogP) is 5.81. The highest BCUT2D eigenvalue weighted by Gasteiger charge is 2.19. The highest BCUT2D eigenvalue weighted by Crippen LogP contribution is 2.30. The summed E-state index contributed by atoms with van der Waals surface area (Å²) in [5.41, 5.74) is 2.93. The van der Waals surface area contributed by atoms with Gasteiger partial charge in [0.15, 0.2) is 6.61 Å². The van der Waals surface area contributed by atoms with Crippen molar-refractivity contribution in [2.45, 2.75) is 6.92 Å². The number of ketones is 1. The number of benzene rings is 3. The Kier molecular flexibility index (Phi) is 6.15. The summed E-state index contributed by atoms with van der Waals surface area (Å²) in [6, 6.07) is 19.6. The lowest BCUT2D eigenvalue weighted by Crippen LogP contribution is -2.15. The topological polar surface area (TPSA) is 99.4 Å². The lowest BCUT2D eigenvalue weighted by atomic mass is 10.0. The Hall–Kier alpha value is -4.10. The van der Waals surface area contributed by atoms with Crippen LogP contribution in [0.4, 0.5) is 5.69 Å². The number of fused-ring (bicyclic) bond motifs is 1. The number of hydrogen-bond donors (Lipinski definition) is 0. The van der Waals surface area contributed by atoms with Gasteiger partial charge in [0.05, 0.1) is 26.7 Å². The van der Waals surface area contributed by atoms with E-state index in [4.69, 9.17) is 16.3 Å². The van der Waals surface area contributed by atoms with E-state index in [-0.39, 0.29) is 16.8 Å². The first-order valence-electron chi connectivity index (χ1n) is 9.94. The fourth-order valence-corrected chi connectivity index (χ4v) is 3.56. The number of carbonyl (C=O) groups excluding carboxylic acids is 2. The van der Waals surface area contributed by atoms with E-state index in [9.17, 15) is 19.7 Å². The molecule has 1 aromatic heterocycles. The number of esters is 1. The molecule has 1 heterocycles. The summed E-state index contributed by atoms with van der Waals surface area (Å²) in [6.45, 7) is 1.40. The first-order chi connectivity index (χ1) is 15.8. The maximum Gasteiger partial charge on any atom is 0.339 e. The normalized spacial score (nSPS) is 10.7. The van der Waals surface area contributed by atoms with Crippen molar-refractivity contribution in [2.75, 3.05) is 6.61 Å². The summed E-state index contributed by atoms with van der Waals surface area (Å²) in [5.74, 6) is -1.28. The molecule has 3 aromatic carbocycles. The average Bonchev–Trinajstić information content (AvgIpc) is 2.82. The molecule has 8 heteroatoms. The summed E-state index contributed by atoms with van der Waals surface area (Å²) in [6.07, 6.45) is 0. The van der Waals surface area contributed by atoms with Crippen molar-refractivity contribution < 1.29 is 19.2 Å². The number of Topliss-reactive ketones (excluding diaryl/α,β-unsaturated/α-hetero) is 1. The molecule has 0 atom stereocenters. The van der Waals surface area contributed by atoms with Gasteiger partial charge in [-0.2, -0.15) is 0 Å². The van der Waals surface area contributed by atoms with E-state index in [1.54, 1.807) is 24.3 Å². The number of aromatic nitrogens is 1. The molecule has 0 amide bonds. The highest BCUT2D eigenvalue weighted by atomic mass is 35.5. The minimum Gasteiger partial charge on any atom is -0.454 e. The van der Waals surface area contributed by atoms with Crippen LogP contribution in [0.3, 0.4) is 0 Å². The van der Waals surface area contributed by atoms with Crippen LogP contribution in [0, 0.1) is 17.0 Å². The molecule has 0 aliphatic rings. The van der Waals surface area contributed by atoms with Crippen LogP contribution in [0.2, 0.25) is 5.02 Å². The first kappa shape index (κ1) is 22.1. The van der Waals surface area contributed by atoms with E-state index in [1.807, 2.05) is 31.2 Å².